The van der Waals surface area contributed by atoms with E-state index in [2.05, 4.69) is 20.8 Å². The molecular weight excluding hydrogens is 288 g/mol. The SMILES string of the molecule is CC(C)(C)c1ccc(Oc2c(Cl)cccc2C(=O)O)cc1. The average molecular weight is 305 g/mol. The second-order valence-corrected chi connectivity index (χ2v) is 6.21. The van der Waals surface area contributed by atoms with Crippen LogP contribution in [-0.2, 0) is 5.41 Å². The van der Waals surface area contributed by atoms with Crippen LogP contribution in [0, 0.1) is 0 Å². The Morgan fingerprint density at radius 2 is 1.71 bits per heavy atom. The summed E-state index contributed by atoms with van der Waals surface area (Å²) in [6, 6.07) is 12.2. The molecule has 4 heteroatoms. The van der Waals surface area contributed by atoms with E-state index in [1.54, 1.807) is 12.1 Å². The normalized spacial score (nSPS) is 11.2. The molecule has 0 aliphatic carbocycles. The second-order valence-electron chi connectivity index (χ2n) is 5.80. The Morgan fingerprint density at radius 1 is 1.10 bits per heavy atom. The van der Waals surface area contributed by atoms with Crippen molar-refractivity contribution in [2.75, 3.05) is 0 Å². The third-order valence-corrected chi connectivity index (χ3v) is 3.44. The van der Waals surface area contributed by atoms with Crippen molar-refractivity contribution >= 4 is 17.6 Å². The summed E-state index contributed by atoms with van der Waals surface area (Å²) in [5.41, 5.74) is 1.27. The van der Waals surface area contributed by atoms with Gasteiger partial charge in [0.25, 0.3) is 0 Å². The molecule has 0 bridgehead atoms. The minimum absolute atomic E-state index is 0.0439. The summed E-state index contributed by atoms with van der Waals surface area (Å²) in [7, 11) is 0. The quantitative estimate of drug-likeness (QED) is 0.855. The van der Waals surface area contributed by atoms with Crippen molar-refractivity contribution in [3.63, 3.8) is 0 Å². The first-order valence-corrected chi connectivity index (χ1v) is 6.97. The number of para-hydroxylation sites is 1. The molecule has 0 aliphatic heterocycles. The Morgan fingerprint density at radius 3 is 2.24 bits per heavy atom. The van der Waals surface area contributed by atoms with Gasteiger partial charge in [0.2, 0.25) is 0 Å². The maximum absolute atomic E-state index is 11.2. The number of carboxylic acids is 1. The molecule has 0 aromatic heterocycles. The zero-order valence-corrected chi connectivity index (χ0v) is 12.9. The van der Waals surface area contributed by atoms with Gasteiger partial charge in [-0.1, -0.05) is 50.6 Å². The van der Waals surface area contributed by atoms with Crippen LogP contribution >= 0.6 is 11.6 Å². The topological polar surface area (TPSA) is 46.5 Å². The van der Waals surface area contributed by atoms with E-state index in [1.165, 1.54) is 11.6 Å². The maximum atomic E-state index is 11.2. The van der Waals surface area contributed by atoms with E-state index in [4.69, 9.17) is 16.3 Å². The predicted octanol–water partition coefficient (Wildman–Crippen LogP) is 5.13. The molecule has 0 saturated carbocycles. The average Bonchev–Trinajstić information content (AvgIpc) is 2.40. The fraction of sp³-hybridized carbons (Fsp3) is 0.235. The molecular formula is C17H17ClO3. The first-order valence-electron chi connectivity index (χ1n) is 6.59. The summed E-state index contributed by atoms with van der Waals surface area (Å²) < 4.78 is 5.66. The summed E-state index contributed by atoms with van der Waals surface area (Å²) in [4.78, 5) is 11.2. The van der Waals surface area contributed by atoms with Gasteiger partial charge < -0.3 is 9.84 Å². The van der Waals surface area contributed by atoms with Crippen molar-refractivity contribution in [1.29, 1.82) is 0 Å². The standard InChI is InChI=1S/C17H17ClO3/c1-17(2,3)11-7-9-12(10-8-11)21-15-13(16(19)20)5-4-6-14(15)18/h4-10H,1-3H3,(H,19,20). The van der Waals surface area contributed by atoms with Crippen LogP contribution < -0.4 is 4.74 Å². The fourth-order valence-corrected chi connectivity index (χ4v) is 2.13. The van der Waals surface area contributed by atoms with E-state index in [0.717, 1.165) is 0 Å². The van der Waals surface area contributed by atoms with Crippen molar-refractivity contribution in [3.05, 3.63) is 58.6 Å². The van der Waals surface area contributed by atoms with Gasteiger partial charge in [-0.3, -0.25) is 0 Å². The van der Waals surface area contributed by atoms with Crippen LogP contribution in [0.5, 0.6) is 11.5 Å². The molecule has 110 valence electrons. The number of aromatic carboxylic acids is 1. The molecule has 21 heavy (non-hydrogen) atoms. The van der Waals surface area contributed by atoms with Crippen LogP contribution in [0.1, 0.15) is 36.7 Å². The van der Waals surface area contributed by atoms with E-state index in [0.29, 0.717) is 5.75 Å². The van der Waals surface area contributed by atoms with Crippen LogP contribution in [0.15, 0.2) is 42.5 Å². The molecule has 0 atom stereocenters. The highest BCUT2D eigenvalue weighted by Crippen LogP contribution is 2.34. The summed E-state index contributed by atoms with van der Waals surface area (Å²) in [6.45, 7) is 6.37. The van der Waals surface area contributed by atoms with E-state index < -0.39 is 5.97 Å². The number of hydrogen-bond donors (Lipinski definition) is 1. The highest BCUT2D eigenvalue weighted by molar-refractivity contribution is 6.32. The van der Waals surface area contributed by atoms with Gasteiger partial charge in [-0.25, -0.2) is 4.79 Å². The van der Waals surface area contributed by atoms with Crippen molar-refractivity contribution < 1.29 is 14.6 Å². The van der Waals surface area contributed by atoms with Gasteiger partial charge in [-0.2, -0.15) is 0 Å². The van der Waals surface area contributed by atoms with Gasteiger partial charge in [0.15, 0.2) is 5.75 Å². The zero-order valence-electron chi connectivity index (χ0n) is 12.2. The van der Waals surface area contributed by atoms with Crippen molar-refractivity contribution in [2.45, 2.75) is 26.2 Å². The second kappa shape index (κ2) is 5.78. The molecule has 0 spiro atoms. The molecule has 2 aromatic carbocycles. The molecule has 0 unspecified atom stereocenters. The first kappa shape index (κ1) is 15.4. The number of benzene rings is 2. The summed E-state index contributed by atoms with van der Waals surface area (Å²) >= 11 is 6.04. The molecule has 0 saturated heterocycles. The Labute approximate surface area is 129 Å². The van der Waals surface area contributed by atoms with Gasteiger partial charge in [0.05, 0.1) is 5.02 Å². The first-order chi connectivity index (χ1) is 9.79. The number of hydrogen-bond acceptors (Lipinski definition) is 2. The molecule has 2 aromatic rings. The largest absolute Gasteiger partial charge is 0.478 e. The minimum Gasteiger partial charge on any atom is -0.478 e. The molecule has 0 amide bonds. The van der Waals surface area contributed by atoms with E-state index in [1.807, 2.05) is 24.3 Å². The Balaban J connectivity index is 2.33. The van der Waals surface area contributed by atoms with Crippen LogP contribution in [0.3, 0.4) is 0 Å². The van der Waals surface area contributed by atoms with Crippen LogP contribution in [0.25, 0.3) is 0 Å². The van der Waals surface area contributed by atoms with Gasteiger partial charge in [0.1, 0.15) is 11.3 Å². The summed E-state index contributed by atoms with van der Waals surface area (Å²) in [6.07, 6.45) is 0. The number of ether oxygens (including phenoxy) is 1. The van der Waals surface area contributed by atoms with Gasteiger partial charge in [-0.05, 0) is 35.2 Å². The van der Waals surface area contributed by atoms with Crippen LogP contribution in [-0.4, -0.2) is 11.1 Å². The molecule has 1 N–H and O–H groups in total. The highest BCUT2D eigenvalue weighted by atomic mass is 35.5. The van der Waals surface area contributed by atoms with Gasteiger partial charge >= 0.3 is 5.97 Å². The minimum atomic E-state index is -1.07. The number of halogens is 1. The predicted molar refractivity (Wildman–Crippen MR) is 83.6 cm³/mol. The van der Waals surface area contributed by atoms with Crippen molar-refractivity contribution in [3.8, 4) is 11.5 Å². The van der Waals surface area contributed by atoms with Crippen LogP contribution in [0.2, 0.25) is 5.02 Å². The lowest BCUT2D eigenvalue weighted by atomic mass is 9.87. The van der Waals surface area contributed by atoms with Gasteiger partial charge in [-0.15, -0.1) is 0 Å². The molecule has 0 radical (unpaired) electrons. The fourth-order valence-electron chi connectivity index (χ4n) is 1.92. The Kier molecular flexibility index (Phi) is 4.24. The maximum Gasteiger partial charge on any atom is 0.339 e. The molecule has 2 rings (SSSR count). The third-order valence-electron chi connectivity index (χ3n) is 3.14. The van der Waals surface area contributed by atoms with E-state index in [9.17, 15) is 9.90 Å². The number of rotatable bonds is 3. The Bertz CT molecular complexity index is 655. The highest BCUT2D eigenvalue weighted by Gasteiger charge is 2.16. The monoisotopic (exact) mass is 304 g/mol. The molecule has 0 fully saturated rings. The molecule has 3 nitrogen and oxygen atoms in total. The smallest absolute Gasteiger partial charge is 0.339 e. The molecule has 0 aliphatic rings. The number of carbonyl (C=O) groups is 1. The van der Waals surface area contributed by atoms with Crippen molar-refractivity contribution in [1.82, 2.24) is 0 Å². The molecule has 0 heterocycles. The zero-order chi connectivity index (χ0) is 15.6. The lowest BCUT2D eigenvalue weighted by Crippen LogP contribution is -2.10. The third kappa shape index (κ3) is 3.56. The van der Waals surface area contributed by atoms with E-state index >= 15 is 0 Å². The van der Waals surface area contributed by atoms with E-state index in [-0.39, 0.29) is 21.8 Å². The van der Waals surface area contributed by atoms with Crippen LogP contribution in [0.4, 0.5) is 0 Å². The summed E-state index contributed by atoms with van der Waals surface area (Å²) in [5.74, 6) is -0.354. The lowest BCUT2D eigenvalue weighted by Gasteiger charge is -2.19. The number of carboxylic acid groups (broad SMARTS) is 1. The Hall–Kier alpha value is -2.00. The van der Waals surface area contributed by atoms with Crippen molar-refractivity contribution in [2.24, 2.45) is 0 Å². The lowest BCUT2D eigenvalue weighted by molar-refractivity contribution is 0.0694. The van der Waals surface area contributed by atoms with Gasteiger partial charge in [0, 0.05) is 0 Å². The summed E-state index contributed by atoms with van der Waals surface area (Å²) in [5, 5.41) is 9.45.